The van der Waals surface area contributed by atoms with Crippen LogP contribution in [0.4, 0.5) is 13.2 Å². The molecule has 0 atom stereocenters. The Kier molecular flexibility index (Phi) is 1.61. The second-order valence-corrected chi connectivity index (χ2v) is 3.18. The molecule has 0 saturated heterocycles. The normalized spacial score (nSPS) is 21.2. The van der Waals surface area contributed by atoms with Crippen LogP contribution in [-0.2, 0) is 5.41 Å². The molecule has 6 heteroatoms. The largest absolute Gasteiger partial charge is 0.427 e. The van der Waals surface area contributed by atoms with Crippen molar-refractivity contribution in [3.05, 3.63) is 12.3 Å². The summed E-state index contributed by atoms with van der Waals surface area (Å²) in [5.41, 5.74) is -1.86. The summed E-state index contributed by atoms with van der Waals surface area (Å²) in [6, 6.07) is 0. The van der Waals surface area contributed by atoms with E-state index in [1.807, 2.05) is 0 Å². The predicted molar refractivity (Wildman–Crippen MR) is 35.9 cm³/mol. The Labute approximate surface area is 71.9 Å². The van der Waals surface area contributed by atoms with Crippen LogP contribution < -0.4 is 0 Å². The molecule has 0 aromatic carbocycles. The van der Waals surface area contributed by atoms with Gasteiger partial charge in [0.1, 0.15) is 5.41 Å². The third-order valence-corrected chi connectivity index (χ3v) is 2.52. The lowest BCUT2D eigenvalue weighted by molar-refractivity contribution is -0.219. The van der Waals surface area contributed by atoms with Gasteiger partial charge in [-0.15, -0.1) is 10.2 Å². The molecular weight excluding hydrogens is 185 g/mol. The third-order valence-electron chi connectivity index (χ3n) is 2.52. The molecule has 0 N–H and O–H groups in total. The lowest BCUT2D eigenvalue weighted by atomic mass is 9.68. The van der Waals surface area contributed by atoms with Crippen molar-refractivity contribution in [2.75, 3.05) is 0 Å². The van der Waals surface area contributed by atoms with Crippen molar-refractivity contribution in [1.82, 2.24) is 10.2 Å². The number of nitrogens with zero attached hydrogens (tertiary/aromatic N) is 2. The fraction of sp³-hybridized carbons (Fsp3) is 0.714. The summed E-state index contributed by atoms with van der Waals surface area (Å²) in [5.74, 6) is -0.300. The van der Waals surface area contributed by atoms with Crippen LogP contribution in [0.1, 0.15) is 25.2 Å². The van der Waals surface area contributed by atoms with E-state index in [1.165, 1.54) is 0 Å². The molecule has 0 amide bonds. The van der Waals surface area contributed by atoms with Crippen LogP contribution in [0, 0.1) is 0 Å². The molecule has 1 aliphatic carbocycles. The van der Waals surface area contributed by atoms with Crippen LogP contribution in [0.15, 0.2) is 10.8 Å². The fourth-order valence-electron chi connectivity index (χ4n) is 1.53. The lowest BCUT2D eigenvalue weighted by Crippen LogP contribution is -2.48. The standard InChI is InChI=1S/C7H7F3N2O/c8-7(9,10)6(2-1-3-6)5-12-11-4-13-5/h4H,1-3H2. The molecule has 1 saturated carbocycles. The molecule has 2 rings (SSSR count). The number of hydrogen-bond acceptors (Lipinski definition) is 3. The maximum absolute atomic E-state index is 12.6. The van der Waals surface area contributed by atoms with Gasteiger partial charge in [0.25, 0.3) is 0 Å². The Morgan fingerprint density at radius 3 is 2.38 bits per heavy atom. The quantitative estimate of drug-likeness (QED) is 0.683. The first-order chi connectivity index (χ1) is 6.06. The Balaban J connectivity index is 2.37. The maximum atomic E-state index is 12.6. The Morgan fingerprint density at radius 1 is 1.38 bits per heavy atom. The molecule has 1 aromatic heterocycles. The van der Waals surface area contributed by atoms with E-state index in [9.17, 15) is 13.2 Å². The van der Waals surface area contributed by atoms with Crippen molar-refractivity contribution >= 4 is 0 Å². The molecule has 0 spiro atoms. The van der Waals surface area contributed by atoms with Gasteiger partial charge in [0.2, 0.25) is 12.3 Å². The number of hydrogen-bond donors (Lipinski definition) is 0. The summed E-state index contributed by atoms with van der Waals surface area (Å²) in [7, 11) is 0. The second kappa shape index (κ2) is 2.46. The first kappa shape index (κ1) is 8.52. The molecule has 72 valence electrons. The van der Waals surface area contributed by atoms with Gasteiger partial charge in [0.05, 0.1) is 0 Å². The van der Waals surface area contributed by atoms with Gasteiger partial charge in [-0.25, -0.2) is 0 Å². The van der Waals surface area contributed by atoms with Crippen LogP contribution >= 0.6 is 0 Å². The molecule has 1 aromatic rings. The second-order valence-electron chi connectivity index (χ2n) is 3.18. The SMILES string of the molecule is FC(F)(F)C1(c2nnco2)CCC1. The average molecular weight is 192 g/mol. The average Bonchev–Trinajstić information content (AvgIpc) is 2.32. The molecule has 3 nitrogen and oxygen atoms in total. The van der Waals surface area contributed by atoms with Gasteiger partial charge < -0.3 is 4.42 Å². The Bertz CT molecular complexity index is 289. The van der Waals surface area contributed by atoms with Gasteiger partial charge in [0, 0.05) is 0 Å². The zero-order chi connectivity index (χ0) is 9.53. The van der Waals surface area contributed by atoms with Crippen LogP contribution in [-0.4, -0.2) is 16.4 Å². The summed E-state index contributed by atoms with van der Waals surface area (Å²) in [6.07, 6.45) is -2.68. The molecule has 1 aliphatic rings. The van der Waals surface area contributed by atoms with Crippen molar-refractivity contribution in [3.8, 4) is 0 Å². The van der Waals surface area contributed by atoms with Gasteiger partial charge >= 0.3 is 6.18 Å². The summed E-state index contributed by atoms with van der Waals surface area (Å²) < 4.78 is 42.4. The van der Waals surface area contributed by atoms with E-state index in [-0.39, 0.29) is 18.7 Å². The summed E-state index contributed by atoms with van der Waals surface area (Å²) in [6.45, 7) is 0. The zero-order valence-electron chi connectivity index (χ0n) is 6.64. The van der Waals surface area contributed by atoms with Crippen molar-refractivity contribution in [2.24, 2.45) is 0 Å². The summed E-state index contributed by atoms with van der Waals surface area (Å²) >= 11 is 0. The fourth-order valence-corrected chi connectivity index (χ4v) is 1.53. The Morgan fingerprint density at radius 2 is 2.08 bits per heavy atom. The summed E-state index contributed by atoms with van der Waals surface area (Å²) in [4.78, 5) is 0. The van der Waals surface area contributed by atoms with Crippen molar-refractivity contribution in [2.45, 2.75) is 30.9 Å². The predicted octanol–water partition coefficient (Wildman–Crippen LogP) is 2.05. The minimum atomic E-state index is -4.28. The lowest BCUT2D eigenvalue weighted by Gasteiger charge is -2.39. The molecule has 0 radical (unpaired) electrons. The van der Waals surface area contributed by atoms with E-state index in [0.29, 0.717) is 6.42 Å². The maximum Gasteiger partial charge on any atom is 0.403 e. The van der Waals surface area contributed by atoms with E-state index in [0.717, 1.165) is 6.39 Å². The number of halogens is 3. The highest BCUT2D eigenvalue weighted by Gasteiger charge is 2.62. The smallest absolute Gasteiger partial charge is 0.403 e. The third kappa shape index (κ3) is 1.04. The molecule has 0 unspecified atom stereocenters. The van der Waals surface area contributed by atoms with Gasteiger partial charge in [-0.1, -0.05) is 6.42 Å². The van der Waals surface area contributed by atoms with Gasteiger partial charge in [-0.05, 0) is 12.8 Å². The van der Waals surface area contributed by atoms with E-state index in [1.54, 1.807) is 0 Å². The van der Waals surface area contributed by atoms with Crippen LogP contribution in [0.25, 0.3) is 0 Å². The van der Waals surface area contributed by atoms with Gasteiger partial charge in [0.15, 0.2) is 0 Å². The van der Waals surface area contributed by atoms with E-state index in [4.69, 9.17) is 0 Å². The molecule has 13 heavy (non-hydrogen) atoms. The minimum absolute atomic E-state index is 0.0543. The zero-order valence-corrected chi connectivity index (χ0v) is 6.64. The highest BCUT2D eigenvalue weighted by Crippen LogP contribution is 2.53. The summed E-state index contributed by atoms with van der Waals surface area (Å²) in [5, 5.41) is 6.61. The van der Waals surface area contributed by atoms with E-state index < -0.39 is 11.6 Å². The van der Waals surface area contributed by atoms with E-state index in [2.05, 4.69) is 14.6 Å². The number of alkyl halides is 3. The molecular formula is C7H7F3N2O. The van der Waals surface area contributed by atoms with Crippen molar-refractivity contribution < 1.29 is 17.6 Å². The van der Waals surface area contributed by atoms with Crippen LogP contribution in [0.5, 0.6) is 0 Å². The first-order valence-electron chi connectivity index (χ1n) is 3.90. The number of rotatable bonds is 1. The molecule has 0 bridgehead atoms. The van der Waals surface area contributed by atoms with Gasteiger partial charge in [-0.2, -0.15) is 13.2 Å². The molecule has 0 aliphatic heterocycles. The van der Waals surface area contributed by atoms with E-state index >= 15 is 0 Å². The highest BCUT2D eigenvalue weighted by molar-refractivity contribution is 5.13. The van der Waals surface area contributed by atoms with Crippen LogP contribution in [0.3, 0.4) is 0 Å². The monoisotopic (exact) mass is 192 g/mol. The number of aromatic nitrogens is 2. The minimum Gasteiger partial charge on any atom is -0.427 e. The molecule has 1 heterocycles. The first-order valence-corrected chi connectivity index (χ1v) is 3.90. The molecule has 1 fully saturated rings. The Hall–Kier alpha value is -1.07. The van der Waals surface area contributed by atoms with Gasteiger partial charge in [-0.3, -0.25) is 0 Å². The topological polar surface area (TPSA) is 38.9 Å². The van der Waals surface area contributed by atoms with Crippen molar-refractivity contribution in [1.29, 1.82) is 0 Å². The van der Waals surface area contributed by atoms with Crippen LogP contribution in [0.2, 0.25) is 0 Å². The van der Waals surface area contributed by atoms with Crippen molar-refractivity contribution in [3.63, 3.8) is 0 Å². The highest BCUT2D eigenvalue weighted by atomic mass is 19.4.